The molecule has 4 rings (SSSR count). The molecule has 118 valence electrons. The van der Waals surface area contributed by atoms with Crippen molar-refractivity contribution in [1.29, 1.82) is 0 Å². The molecule has 0 aliphatic carbocycles. The number of fused-ring (bicyclic) bond motifs is 3. The smallest absolute Gasteiger partial charge is 0.289 e. The Morgan fingerprint density at radius 2 is 2.00 bits per heavy atom. The van der Waals surface area contributed by atoms with E-state index >= 15 is 0 Å². The summed E-state index contributed by atoms with van der Waals surface area (Å²) >= 11 is 0. The fraction of sp³-hybridized carbons (Fsp3) is 0. The highest BCUT2D eigenvalue weighted by atomic mass is 19.1. The molecule has 0 aliphatic heterocycles. The second kappa shape index (κ2) is 5.58. The second-order valence-corrected chi connectivity index (χ2v) is 5.00. The summed E-state index contributed by atoms with van der Waals surface area (Å²) in [5, 5.41) is 0. The van der Waals surface area contributed by atoms with Crippen molar-refractivity contribution >= 4 is 28.3 Å². The molecule has 0 radical (unpaired) electrons. The summed E-state index contributed by atoms with van der Waals surface area (Å²) in [6.07, 6.45) is 6.04. The molecule has 0 bridgehead atoms. The molecule has 7 nitrogen and oxygen atoms in total. The Balaban J connectivity index is 1.72. The van der Waals surface area contributed by atoms with Gasteiger partial charge in [0.2, 0.25) is 0 Å². The van der Waals surface area contributed by atoms with Crippen LogP contribution in [-0.2, 0) is 0 Å². The second-order valence-electron chi connectivity index (χ2n) is 5.00. The maximum atomic E-state index is 14.1. The van der Waals surface area contributed by atoms with Gasteiger partial charge in [-0.25, -0.2) is 14.4 Å². The molecule has 0 saturated heterocycles. The number of nitrogens with one attached hydrogen (secondary N) is 2. The Kier molecular flexibility index (Phi) is 3.27. The van der Waals surface area contributed by atoms with Crippen LogP contribution < -0.4 is 10.9 Å². The third-order valence-electron chi connectivity index (χ3n) is 3.53. The fourth-order valence-corrected chi connectivity index (χ4v) is 2.45. The molecule has 0 unspecified atom stereocenters. The molecular weight excluding hydrogens is 311 g/mol. The maximum absolute atomic E-state index is 14.1. The van der Waals surface area contributed by atoms with Gasteiger partial charge in [0, 0.05) is 18.6 Å². The molecule has 1 amide bonds. The molecular formula is C16H11FN6O. The first-order valence-corrected chi connectivity index (χ1v) is 7.12. The minimum Gasteiger partial charge on any atom is -0.312 e. The lowest BCUT2D eigenvalue weighted by atomic mass is 10.3. The highest BCUT2D eigenvalue weighted by Crippen LogP contribution is 2.23. The van der Waals surface area contributed by atoms with Gasteiger partial charge in [-0.1, -0.05) is 6.07 Å². The predicted molar refractivity (Wildman–Crippen MR) is 85.8 cm³/mol. The highest BCUT2D eigenvalue weighted by molar-refractivity contribution is 5.93. The zero-order chi connectivity index (χ0) is 16.5. The van der Waals surface area contributed by atoms with Gasteiger partial charge >= 0.3 is 0 Å². The SMILES string of the molecule is O=C(NNc1nc2c(F)cccc2n2cccc12)c1cnccn1. The summed E-state index contributed by atoms with van der Waals surface area (Å²) in [4.78, 5) is 24.1. The fourth-order valence-electron chi connectivity index (χ4n) is 2.45. The van der Waals surface area contributed by atoms with Crippen LogP contribution in [0.4, 0.5) is 10.2 Å². The number of hydrogen-bond acceptors (Lipinski definition) is 5. The number of carbonyl (C=O) groups excluding carboxylic acids is 1. The molecule has 4 aromatic rings. The van der Waals surface area contributed by atoms with Gasteiger partial charge in [-0.3, -0.25) is 20.6 Å². The molecule has 0 aliphatic rings. The summed E-state index contributed by atoms with van der Waals surface area (Å²) in [5.74, 6) is -0.579. The van der Waals surface area contributed by atoms with Crippen molar-refractivity contribution in [2.45, 2.75) is 0 Å². The van der Waals surface area contributed by atoms with E-state index in [0.717, 1.165) is 0 Å². The van der Waals surface area contributed by atoms with Gasteiger partial charge in [-0.2, -0.15) is 0 Å². The number of amides is 1. The molecule has 3 aromatic heterocycles. The first-order chi connectivity index (χ1) is 11.7. The highest BCUT2D eigenvalue weighted by Gasteiger charge is 2.12. The van der Waals surface area contributed by atoms with Crippen molar-refractivity contribution in [2.24, 2.45) is 0 Å². The molecule has 3 heterocycles. The number of anilines is 1. The molecule has 0 spiro atoms. The zero-order valence-electron chi connectivity index (χ0n) is 12.3. The van der Waals surface area contributed by atoms with Crippen molar-refractivity contribution in [2.75, 3.05) is 5.43 Å². The average molecular weight is 322 g/mol. The number of rotatable bonds is 3. The molecule has 2 N–H and O–H groups in total. The first kappa shape index (κ1) is 14.1. The van der Waals surface area contributed by atoms with E-state index in [1.165, 1.54) is 24.7 Å². The largest absolute Gasteiger partial charge is 0.312 e. The summed E-state index contributed by atoms with van der Waals surface area (Å²) in [5.41, 5.74) is 6.92. The van der Waals surface area contributed by atoms with E-state index in [1.807, 2.05) is 12.1 Å². The topological polar surface area (TPSA) is 84.2 Å². The quantitative estimate of drug-likeness (QED) is 0.565. The van der Waals surface area contributed by atoms with Crippen LogP contribution in [0.5, 0.6) is 0 Å². The number of aromatic nitrogens is 4. The van der Waals surface area contributed by atoms with E-state index < -0.39 is 11.7 Å². The lowest BCUT2D eigenvalue weighted by molar-refractivity contribution is 0.0957. The Morgan fingerprint density at radius 3 is 2.83 bits per heavy atom. The van der Waals surface area contributed by atoms with Crippen molar-refractivity contribution in [3.63, 3.8) is 0 Å². The Bertz CT molecular complexity index is 1050. The van der Waals surface area contributed by atoms with E-state index in [2.05, 4.69) is 25.8 Å². The van der Waals surface area contributed by atoms with Crippen LogP contribution in [0.2, 0.25) is 0 Å². The Labute approximate surface area is 135 Å². The average Bonchev–Trinajstić information content (AvgIpc) is 3.11. The number of carbonyl (C=O) groups is 1. The minimum absolute atomic E-state index is 0.156. The van der Waals surface area contributed by atoms with Gasteiger partial charge in [0.1, 0.15) is 11.2 Å². The van der Waals surface area contributed by atoms with Crippen LogP contribution in [0.25, 0.3) is 16.6 Å². The van der Waals surface area contributed by atoms with Crippen LogP contribution in [0.15, 0.2) is 55.1 Å². The normalized spacial score (nSPS) is 10.9. The van der Waals surface area contributed by atoms with Crippen LogP contribution in [0.1, 0.15) is 10.5 Å². The van der Waals surface area contributed by atoms with Gasteiger partial charge in [-0.15, -0.1) is 0 Å². The van der Waals surface area contributed by atoms with Crippen LogP contribution in [0.3, 0.4) is 0 Å². The van der Waals surface area contributed by atoms with Gasteiger partial charge < -0.3 is 4.40 Å². The monoisotopic (exact) mass is 322 g/mol. The molecule has 24 heavy (non-hydrogen) atoms. The number of hydrogen-bond donors (Lipinski definition) is 2. The standard InChI is InChI=1S/C16H11FN6O/c17-10-3-1-4-12-14(10)20-15(13-5-2-8-23(12)13)21-22-16(24)11-9-18-6-7-19-11/h1-9H,(H,20,21)(H,22,24). The molecule has 0 atom stereocenters. The molecule has 1 aromatic carbocycles. The summed E-state index contributed by atoms with van der Waals surface area (Å²) in [6, 6.07) is 8.37. The maximum Gasteiger partial charge on any atom is 0.289 e. The van der Waals surface area contributed by atoms with E-state index in [4.69, 9.17) is 0 Å². The Hall–Kier alpha value is -3.55. The molecule has 0 fully saturated rings. The van der Waals surface area contributed by atoms with E-state index in [9.17, 15) is 9.18 Å². The van der Waals surface area contributed by atoms with E-state index in [1.54, 1.807) is 22.7 Å². The van der Waals surface area contributed by atoms with E-state index in [-0.39, 0.29) is 11.2 Å². The number of para-hydroxylation sites is 1. The lowest BCUT2D eigenvalue weighted by Gasteiger charge is -2.11. The van der Waals surface area contributed by atoms with Crippen molar-refractivity contribution in [3.05, 3.63) is 66.6 Å². The van der Waals surface area contributed by atoms with Crippen molar-refractivity contribution in [1.82, 2.24) is 24.8 Å². The predicted octanol–water partition coefficient (Wildman–Crippen LogP) is 2.17. The van der Waals surface area contributed by atoms with Gasteiger partial charge in [0.05, 0.1) is 17.2 Å². The molecule has 0 saturated carbocycles. The summed E-state index contributed by atoms with van der Waals surface area (Å²) in [6.45, 7) is 0. The van der Waals surface area contributed by atoms with Crippen molar-refractivity contribution < 1.29 is 9.18 Å². The molecule has 8 heteroatoms. The van der Waals surface area contributed by atoms with Gasteiger partial charge in [0.25, 0.3) is 5.91 Å². The zero-order valence-corrected chi connectivity index (χ0v) is 12.3. The number of halogens is 1. The minimum atomic E-state index is -0.469. The number of nitrogens with zero attached hydrogens (tertiary/aromatic N) is 4. The lowest BCUT2D eigenvalue weighted by Crippen LogP contribution is -2.30. The summed E-state index contributed by atoms with van der Waals surface area (Å²) < 4.78 is 15.8. The number of benzene rings is 1. The number of hydrazine groups is 1. The third-order valence-corrected chi connectivity index (χ3v) is 3.53. The van der Waals surface area contributed by atoms with Crippen LogP contribution in [-0.4, -0.2) is 25.3 Å². The summed E-state index contributed by atoms with van der Waals surface area (Å²) in [7, 11) is 0. The first-order valence-electron chi connectivity index (χ1n) is 7.12. The Morgan fingerprint density at radius 1 is 1.12 bits per heavy atom. The third kappa shape index (κ3) is 2.30. The van der Waals surface area contributed by atoms with Gasteiger partial charge in [0.15, 0.2) is 11.6 Å². The van der Waals surface area contributed by atoms with Crippen LogP contribution in [0, 0.1) is 5.82 Å². The van der Waals surface area contributed by atoms with Crippen LogP contribution >= 0.6 is 0 Å². The van der Waals surface area contributed by atoms with Crippen molar-refractivity contribution in [3.8, 4) is 0 Å². The van der Waals surface area contributed by atoms with E-state index in [0.29, 0.717) is 16.9 Å². The van der Waals surface area contributed by atoms with Gasteiger partial charge in [-0.05, 0) is 24.3 Å².